The first-order valence-electron chi connectivity index (χ1n) is 17.9. The minimum atomic E-state index is -0.117. The van der Waals surface area contributed by atoms with Crippen molar-refractivity contribution in [2.45, 2.75) is 19.3 Å². The van der Waals surface area contributed by atoms with E-state index < -0.39 is 0 Å². The number of thiophene rings is 1. The lowest BCUT2D eigenvalue weighted by atomic mass is 9.82. The standard InChI is InChI=1S/C49H33NOS/c1-49(2)41-18-8-5-15-35(41)36-24-23-33(29-42(36)49)50(44-20-11-17-38-37-16-7-10-21-47(37)52-48(38)44)43-19-9-6-14-34(43)32-22-25-45-39(27-32)40-26-30-12-3-4-13-31(30)28-46(40)51-45/h3-29H,1-2H3. The van der Waals surface area contributed by atoms with Crippen LogP contribution in [0, 0.1) is 0 Å². The highest BCUT2D eigenvalue weighted by Gasteiger charge is 2.36. The molecule has 0 atom stereocenters. The fourth-order valence-electron chi connectivity index (χ4n) is 8.69. The van der Waals surface area contributed by atoms with Crippen molar-refractivity contribution < 1.29 is 4.42 Å². The van der Waals surface area contributed by atoms with Gasteiger partial charge >= 0.3 is 0 Å². The van der Waals surface area contributed by atoms with Crippen molar-refractivity contribution in [3.8, 4) is 22.3 Å². The first-order chi connectivity index (χ1) is 25.5. The number of hydrogen-bond acceptors (Lipinski definition) is 3. The summed E-state index contributed by atoms with van der Waals surface area (Å²) >= 11 is 1.87. The van der Waals surface area contributed by atoms with Gasteiger partial charge in [0, 0.05) is 42.9 Å². The Morgan fingerprint density at radius 1 is 0.481 bits per heavy atom. The highest BCUT2D eigenvalue weighted by atomic mass is 32.1. The largest absolute Gasteiger partial charge is 0.456 e. The van der Waals surface area contributed by atoms with Gasteiger partial charge in [0.05, 0.1) is 16.1 Å². The summed E-state index contributed by atoms with van der Waals surface area (Å²) in [6.07, 6.45) is 0. The van der Waals surface area contributed by atoms with E-state index in [0.29, 0.717) is 0 Å². The van der Waals surface area contributed by atoms with Crippen molar-refractivity contribution in [3.05, 3.63) is 175 Å². The average Bonchev–Trinajstić information content (AvgIpc) is 3.82. The van der Waals surface area contributed by atoms with Crippen LogP contribution in [-0.2, 0) is 5.41 Å². The van der Waals surface area contributed by atoms with Crippen molar-refractivity contribution in [3.63, 3.8) is 0 Å². The number of furan rings is 1. The summed E-state index contributed by atoms with van der Waals surface area (Å²) in [4.78, 5) is 2.50. The maximum Gasteiger partial charge on any atom is 0.136 e. The molecule has 52 heavy (non-hydrogen) atoms. The van der Waals surface area contributed by atoms with Gasteiger partial charge in [0.15, 0.2) is 0 Å². The minimum absolute atomic E-state index is 0.117. The zero-order chi connectivity index (χ0) is 34.6. The molecular weight excluding hydrogens is 651 g/mol. The molecule has 8 aromatic carbocycles. The van der Waals surface area contributed by atoms with Crippen LogP contribution in [0.5, 0.6) is 0 Å². The molecule has 0 fully saturated rings. The molecule has 0 bridgehead atoms. The van der Waals surface area contributed by atoms with Crippen LogP contribution >= 0.6 is 11.3 Å². The second kappa shape index (κ2) is 10.9. The van der Waals surface area contributed by atoms with Gasteiger partial charge in [-0.25, -0.2) is 0 Å². The van der Waals surface area contributed by atoms with Crippen LogP contribution in [-0.4, -0.2) is 0 Å². The number of benzene rings is 8. The maximum absolute atomic E-state index is 6.42. The Hall–Kier alpha value is -6.16. The molecule has 11 rings (SSSR count). The molecule has 0 radical (unpaired) electrons. The third-order valence-corrected chi connectivity index (χ3v) is 12.5. The van der Waals surface area contributed by atoms with E-state index >= 15 is 0 Å². The second-order valence-electron chi connectivity index (χ2n) is 14.5. The van der Waals surface area contributed by atoms with Crippen LogP contribution in [0.3, 0.4) is 0 Å². The molecule has 1 aliphatic rings. The van der Waals surface area contributed by atoms with E-state index in [1.807, 2.05) is 11.3 Å². The summed E-state index contributed by atoms with van der Waals surface area (Å²) in [5.41, 5.74) is 12.9. The van der Waals surface area contributed by atoms with Gasteiger partial charge in [0.1, 0.15) is 11.2 Å². The molecular formula is C49H33NOS. The van der Waals surface area contributed by atoms with Crippen LogP contribution in [0.1, 0.15) is 25.0 Å². The molecule has 246 valence electrons. The number of rotatable bonds is 4. The topological polar surface area (TPSA) is 16.4 Å². The lowest BCUT2D eigenvalue weighted by Gasteiger charge is -2.30. The van der Waals surface area contributed by atoms with Gasteiger partial charge in [0.2, 0.25) is 0 Å². The zero-order valence-corrected chi connectivity index (χ0v) is 29.7. The van der Waals surface area contributed by atoms with Gasteiger partial charge in [-0.3, -0.25) is 0 Å². The van der Waals surface area contributed by atoms with Gasteiger partial charge in [-0.2, -0.15) is 0 Å². The fraction of sp³-hybridized carbons (Fsp3) is 0.0612. The lowest BCUT2D eigenvalue weighted by Crippen LogP contribution is -2.17. The smallest absolute Gasteiger partial charge is 0.136 e. The van der Waals surface area contributed by atoms with Crippen molar-refractivity contribution in [2.24, 2.45) is 0 Å². The summed E-state index contributed by atoms with van der Waals surface area (Å²) in [5, 5.41) is 7.25. The number of fused-ring (bicyclic) bond motifs is 10. The third kappa shape index (κ3) is 4.23. The van der Waals surface area contributed by atoms with Crippen LogP contribution in [0.4, 0.5) is 17.1 Å². The predicted molar refractivity (Wildman–Crippen MR) is 222 cm³/mol. The van der Waals surface area contributed by atoms with E-state index in [-0.39, 0.29) is 5.41 Å². The summed E-state index contributed by atoms with van der Waals surface area (Å²) in [7, 11) is 0. The Morgan fingerprint density at radius 3 is 2.08 bits per heavy atom. The van der Waals surface area contributed by atoms with Crippen LogP contribution < -0.4 is 4.90 Å². The van der Waals surface area contributed by atoms with E-state index in [0.717, 1.165) is 38.9 Å². The van der Waals surface area contributed by atoms with Crippen molar-refractivity contribution in [1.82, 2.24) is 0 Å². The molecule has 10 aromatic rings. The first kappa shape index (κ1) is 29.6. The molecule has 1 aliphatic carbocycles. The molecule has 2 nitrogen and oxygen atoms in total. The normalized spacial score (nSPS) is 13.3. The van der Waals surface area contributed by atoms with Crippen molar-refractivity contribution in [2.75, 3.05) is 4.90 Å². The summed E-state index contributed by atoms with van der Waals surface area (Å²) in [6, 6.07) is 60.0. The molecule has 0 spiro atoms. The number of nitrogens with zero attached hydrogens (tertiary/aromatic N) is 1. The van der Waals surface area contributed by atoms with Crippen molar-refractivity contribution >= 4 is 81.3 Å². The number of para-hydroxylation sites is 1. The number of anilines is 3. The Kier molecular flexibility index (Phi) is 6.21. The molecule has 3 heteroatoms. The highest BCUT2D eigenvalue weighted by Crippen LogP contribution is 2.52. The van der Waals surface area contributed by atoms with E-state index in [4.69, 9.17) is 4.42 Å². The molecule has 0 unspecified atom stereocenters. The van der Waals surface area contributed by atoms with E-state index in [1.165, 1.54) is 64.4 Å². The third-order valence-electron chi connectivity index (χ3n) is 11.2. The average molecular weight is 684 g/mol. The molecule has 2 aromatic heterocycles. The molecule has 0 aliphatic heterocycles. The lowest BCUT2D eigenvalue weighted by molar-refractivity contribution is 0.660. The second-order valence-corrected chi connectivity index (χ2v) is 15.6. The van der Waals surface area contributed by atoms with Gasteiger partial charge in [0.25, 0.3) is 0 Å². The Balaban J connectivity index is 1.16. The summed E-state index contributed by atoms with van der Waals surface area (Å²) in [6.45, 7) is 4.72. The van der Waals surface area contributed by atoms with Gasteiger partial charge in [-0.15, -0.1) is 11.3 Å². The maximum atomic E-state index is 6.42. The quantitative estimate of drug-likeness (QED) is 0.184. The predicted octanol–water partition coefficient (Wildman–Crippen LogP) is 14.6. The van der Waals surface area contributed by atoms with E-state index in [2.05, 4.69) is 183 Å². The van der Waals surface area contributed by atoms with Crippen LogP contribution in [0.15, 0.2) is 168 Å². The Labute approximate surface area is 305 Å². The molecule has 0 saturated carbocycles. The monoisotopic (exact) mass is 683 g/mol. The molecule has 0 amide bonds. The minimum Gasteiger partial charge on any atom is -0.456 e. The molecule has 0 saturated heterocycles. The zero-order valence-electron chi connectivity index (χ0n) is 28.9. The molecule has 2 heterocycles. The summed E-state index contributed by atoms with van der Waals surface area (Å²) in [5.74, 6) is 0. The Bertz CT molecular complexity index is 3070. The van der Waals surface area contributed by atoms with Gasteiger partial charge < -0.3 is 9.32 Å². The SMILES string of the molecule is CC1(C)c2ccccc2-c2ccc(N(c3ccccc3-c3ccc4oc5cc6ccccc6cc5c4c3)c3cccc4c3sc3ccccc34)cc21. The van der Waals surface area contributed by atoms with Crippen LogP contribution in [0.2, 0.25) is 0 Å². The highest BCUT2D eigenvalue weighted by molar-refractivity contribution is 7.26. The fourth-order valence-corrected chi connectivity index (χ4v) is 9.90. The van der Waals surface area contributed by atoms with Crippen molar-refractivity contribution in [1.29, 1.82) is 0 Å². The number of hydrogen-bond donors (Lipinski definition) is 0. The van der Waals surface area contributed by atoms with Crippen LogP contribution in [0.25, 0.3) is 75.1 Å². The first-order valence-corrected chi connectivity index (χ1v) is 18.7. The van der Waals surface area contributed by atoms with E-state index in [9.17, 15) is 0 Å². The molecule has 0 N–H and O–H groups in total. The van der Waals surface area contributed by atoms with Gasteiger partial charge in [-0.05, 0) is 93.2 Å². The Morgan fingerprint density at radius 2 is 1.17 bits per heavy atom. The summed E-state index contributed by atoms with van der Waals surface area (Å²) < 4.78 is 9.01. The van der Waals surface area contributed by atoms with Gasteiger partial charge in [-0.1, -0.05) is 123 Å². The van der Waals surface area contributed by atoms with E-state index in [1.54, 1.807) is 0 Å².